The molecule has 1 atom stereocenters. The minimum atomic E-state index is -0.782. The SMILES string of the molecule is CCOC(=O)C(C)c1ccc([N+](=O)[O-])cc1F. The highest BCUT2D eigenvalue weighted by molar-refractivity contribution is 5.77. The van der Waals surface area contributed by atoms with Crippen LogP contribution in [0.2, 0.25) is 0 Å². The van der Waals surface area contributed by atoms with Crippen LogP contribution in [0.25, 0.3) is 0 Å². The lowest BCUT2D eigenvalue weighted by molar-refractivity contribution is -0.385. The van der Waals surface area contributed by atoms with Crippen molar-refractivity contribution in [3.63, 3.8) is 0 Å². The van der Waals surface area contributed by atoms with Gasteiger partial charge < -0.3 is 4.74 Å². The Hall–Kier alpha value is -1.98. The van der Waals surface area contributed by atoms with Crippen LogP contribution in [0.4, 0.5) is 10.1 Å². The predicted octanol–water partition coefficient (Wildman–Crippen LogP) is 2.40. The van der Waals surface area contributed by atoms with Gasteiger partial charge in [-0.15, -0.1) is 0 Å². The number of hydrogen-bond acceptors (Lipinski definition) is 4. The predicted molar refractivity (Wildman–Crippen MR) is 58.1 cm³/mol. The summed E-state index contributed by atoms with van der Waals surface area (Å²) in [6, 6.07) is 3.19. The number of carbonyl (C=O) groups is 1. The van der Waals surface area contributed by atoms with Gasteiger partial charge in [0.25, 0.3) is 5.69 Å². The molecule has 0 spiro atoms. The lowest BCUT2D eigenvalue weighted by Crippen LogP contribution is -2.14. The van der Waals surface area contributed by atoms with Gasteiger partial charge in [-0.1, -0.05) is 0 Å². The van der Waals surface area contributed by atoms with Crippen molar-refractivity contribution < 1.29 is 18.8 Å². The number of ether oxygens (including phenoxy) is 1. The number of benzene rings is 1. The zero-order valence-electron chi connectivity index (χ0n) is 9.47. The van der Waals surface area contributed by atoms with E-state index in [1.165, 1.54) is 13.0 Å². The summed E-state index contributed by atoms with van der Waals surface area (Å²) in [5.74, 6) is -2.12. The van der Waals surface area contributed by atoms with Crippen LogP contribution in [0, 0.1) is 15.9 Å². The Labute approximate surface area is 97.3 Å². The van der Waals surface area contributed by atoms with Crippen LogP contribution < -0.4 is 0 Å². The molecule has 0 saturated heterocycles. The second kappa shape index (κ2) is 5.38. The minimum absolute atomic E-state index is 0.0917. The highest BCUT2D eigenvalue weighted by atomic mass is 19.1. The van der Waals surface area contributed by atoms with Crippen LogP contribution in [0.5, 0.6) is 0 Å². The van der Waals surface area contributed by atoms with Crippen molar-refractivity contribution in [3.05, 3.63) is 39.7 Å². The number of nitro groups is 1. The monoisotopic (exact) mass is 241 g/mol. The molecule has 92 valence electrons. The number of carbonyl (C=O) groups excluding carboxylic acids is 1. The van der Waals surface area contributed by atoms with Crippen LogP contribution in [-0.4, -0.2) is 17.5 Å². The van der Waals surface area contributed by atoms with Gasteiger partial charge in [0, 0.05) is 11.6 Å². The van der Waals surface area contributed by atoms with E-state index in [9.17, 15) is 19.3 Å². The molecule has 0 N–H and O–H groups in total. The zero-order chi connectivity index (χ0) is 13.0. The van der Waals surface area contributed by atoms with Gasteiger partial charge in [0.2, 0.25) is 0 Å². The highest BCUT2D eigenvalue weighted by Gasteiger charge is 2.21. The van der Waals surface area contributed by atoms with E-state index in [-0.39, 0.29) is 17.9 Å². The van der Waals surface area contributed by atoms with Gasteiger partial charge >= 0.3 is 5.97 Å². The summed E-state index contributed by atoms with van der Waals surface area (Å²) in [5.41, 5.74) is -0.253. The van der Waals surface area contributed by atoms with Crippen LogP contribution in [0.1, 0.15) is 25.3 Å². The first-order chi connectivity index (χ1) is 7.97. The molecule has 0 radical (unpaired) electrons. The van der Waals surface area contributed by atoms with Crippen molar-refractivity contribution in [2.75, 3.05) is 6.61 Å². The fourth-order valence-electron chi connectivity index (χ4n) is 1.38. The maximum absolute atomic E-state index is 13.5. The molecule has 0 aliphatic carbocycles. The average molecular weight is 241 g/mol. The van der Waals surface area contributed by atoms with E-state index in [0.29, 0.717) is 0 Å². The molecule has 0 aromatic heterocycles. The van der Waals surface area contributed by atoms with Crippen LogP contribution in [-0.2, 0) is 9.53 Å². The Morgan fingerprint density at radius 3 is 2.71 bits per heavy atom. The standard InChI is InChI=1S/C11H12FNO4/c1-3-17-11(14)7(2)9-5-4-8(13(15)16)6-10(9)12/h4-7H,3H2,1-2H3. The number of rotatable bonds is 4. The van der Waals surface area contributed by atoms with Crippen LogP contribution in [0.15, 0.2) is 18.2 Å². The third-order valence-corrected chi connectivity index (χ3v) is 2.30. The van der Waals surface area contributed by atoms with E-state index < -0.39 is 22.6 Å². The normalized spacial score (nSPS) is 11.9. The molecule has 5 nitrogen and oxygen atoms in total. The number of non-ortho nitro benzene ring substituents is 1. The third kappa shape index (κ3) is 2.99. The smallest absolute Gasteiger partial charge is 0.313 e. The molecule has 1 unspecified atom stereocenters. The quantitative estimate of drug-likeness (QED) is 0.461. The minimum Gasteiger partial charge on any atom is -0.466 e. The van der Waals surface area contributed by atoms with Gasteiger partial charge in [-0.05, 0) is 19.9 Å². The number of esters is 1. The molecule has 17 heavy (non-hydrogen) atoms. The lowest BCUT2D eigenvalue weighted by Gasteiger charge is -2.11. The second-order valence-corrected chi connectivity index (χ2v) is 3.44. The molecule has 0 aliphatic heterocycles. The fourth-order valence-corrected chi connectivity index (χ4v) is 1.38. The van der Waals surface area contributed by atoms with Crippen molar-refractivity contribution in [3.8, 4) is 0 Å². The van der Waals surface area contributed by atoms with Gasteiger partial charge in [-0.25, -0.2) is 4.39 Å². The maximum Gasteiger partial charge on any atom is 0.313 e. The summed E-state index contributed by atoms with van der Waals surface area (Å²) in [5, 5.41) is 10.4. The van der Waals surface area contributed by atoms with Crippen LogP contribution >= 0.6 is 0 Å². The summed E-state index contributed by atoms with van der Waals surface area (Å²) in [7, 11) is 0. The molecule has 1 aromatic carbocycles. The Bertz CT molecular complexity index is 447. The van der Waals surface area contributed by atoms with Crippen molar-refractivity contribution in [1.29, 1.82) is 0 Å². The Kier molecular flexibility index (Phi) is 4.14. The summed E-state index contributed by atoms with van der Waals surface area (Å²) in [4.78, 5) is 21.1. The summed E-state index contributed by atoms with van der Waals surface area (Å²) in [6.07, 6.45) is 0. The summed E-state index contributed by atoms with van der Waals surface area (Å²) in [6.45, 7) is 3.34. The molecule has 0 bridgehead atoms. The highest BCUT2D eigenvalue weighted by Crippen LogP contribution is 2.24. The lowest BCUT2D eigenvalue weighted by atomic mass is 10.0. The first-order valence-electron chi connectivity index (χ1n) is 5.07. The average Bonchev–Trinajstić information content (AvgIpc) is 2.28. The van der Waals surface area contributed by atoms with Gasteiger partial charge in [0.1, 0.15) is 5.82 Å². The summed E-state index contributed by atoms with van der Waals surface area (Å²) < 4.78 is 18.3. The van der Waals surface area contributed by atoms with Gasteiger partial charge in [0.15, 0.2) is 0 Å². The van der Waals surface area contributed by atoms with E-state index in [0.717, 1.165) is 12.1 Å². The van der Waals surface area contributed by atoms with E-state index in [4.69, 9.17) is 4.74 Å². The van der Waals surface area contributed by atoms with Gasteiger partial charge in [0.05, 0.1) is 23.5 Å². The zero-order valence-corrected chi connectivity index (χ0v) is 9.47. The van der Waals surface area contributed by atoms with Crippen molar-refractivity contribution in [2.45, 2.75) is 19.8 Å². The van der Waals surface area contributed by atoms with E-state index in [1.807, 2.05) is 0 Å². The van der Waals surface area contributed by atoms with Crippen molar-refractivity contribution >= 4 is 11.7 Å². The number of nitrogens with zero attached hydrogens (tertiary/aromatic N) is 1. The van der Waals surface area contributed by atoms with Crippen molar-refractivity contribution in [2.24, 2.45) is 0 Å². The fraction of sp³-hybridized carbons (Fsp3) is 0.364. The molecule has 0 amide bonds. The van der Waals surface area contributed by atoms with E-state index in [1.54, 1.807) is 6.92 Å². The first-order valence-corrected chi connectivity index (χ1v) is 5.07. The topological polar surface area (TPSA) is 69.4 Å². The van der Waals surface area contributed by atoms with Crippen molar-refractivity contribution in [1.82, 2.24) is 0 Å². The van der Waals surface area contributed by atoms with Gasteiger partial charge in [-0.2, -0.15) is 0 Å². The van der Waals surface area contributed by atoms with Crippen LogP contribution in [0.3, 0.4) is 0 Å². The molecule has 1 rings (SSSR count). The summed E-state index contributed by atoms with van der Waals surface area (Å²) >= 11 is 0. The molecule has 0 fully saturated rings. The molecular weight excluding hydrogens is 229 g/mol. The second-order valence-electron chi connectivity index (χ2n) is 3.44. The number of nitro benzene ring substituents is 1. The largest absolute Gasteiger partial charge is 0.466 e. The Morgan fingerprint density at radius 2 is 2.24 bits per heavy atom. The molecule has 6 heteroatoms. The molecule has 0 heterocycles. The maximum atomic E-state index is 13.5. The van der Waals surface area contributed by atoms with Gasteiger partial charge in [-0.3, -0.25) is 14.9 Å². The molecule has 0 saturated carbocycles. The first kappa shape index (κ1) is 13.1. The third-order valence-electron chi connectivity index (χ3n) is 2.30. The Balaban J connectivity index is 2.99. The molecular formula is C11H12FNO4. The van der Waals surface area contributed by atoms with E-state index >= 15 is 0 Å². The van der Waals surface area contributed by atoms with E-state index in [2.05, 4.69) is 0 Å². The Morgan fingerprint density at radius 1 is 1.59 bits per heavy atom. The number of hydrogen-bond donors (Lipinski definition) is 0. The molecule has 1 aromatic rings. The molecule has 0 aliphatic rings. The number of halogens is 1.